The predicted molar refractivity (Wildman–Crippen MR) is 103 cm³/mol. The molecule has 2 bridgehead atoms. The molecule has 4 aliphatic heterocycles. The van der Waals surface area contributed by atoms with Gasteiger partial charge in [0, 0.05) is 25.2 Å². The fourth-order valence-electron chi connectivity index (χ4n) is 4.87. The van der Waals surface area contributed by atoms with Crippen LogP contribution >= 0.6 is 0 Å². The molecule has 4 aliphatic rings. The first-order valence-electron chi connectivity index (χ1n) is 10.5. The highest BCUT2D eigenvalue weighted by Gasteiger charge is 2.49. The maximum absolute atomic E-state index is 12.5. The number of fused-ring (bicyclic) bond motifs is 2. The van der Waals surface area contributed by atoms with Gasteiger partial charge in [0.05, 0.1) is 12.6 Å². The molecule has 0 aromatic heterocycles. The van der Waals surface area contributed by atoms with Crippen LogP contribution in [0.4, 0.5) is 4.79 Å². The summed E-state index contributed by atoms with van der Waals surface area (Å²) in [6, 6.07) is -1.42. The number of nitrogens with zero attached hydrogens (tertiary/aromatic N) is 3. The molecule has 0 aromatic rings. The van der Waals surface area contributed by atoms with Gasteiger partial charge < -0.3 is 10.2 Å². The van der Waals surface area contributed by atoms with E-state index in [0.717, 1.165) is 26.1 Å². The van der Waals surface area contributed by atoms with Crippen molar-refractivity contribution < 1.29 is 31.7 Å². The van der Waals surface area contributed by atoms with Crippen molar-refractivity contribution >= 4 is 22.3 Å². The Balaban J connectivity index is 1.22. The second-order valence-corrected chi connectivity index (χ2v) is 9.38. The second kappa shape index (κ2) is 8.93. The monoisotopic (exact) mass is 447 g/mol. The van der Waals surface area contributed by atoms with Gasteiger partial charge in [-0.15, -0.1) is 4.28 Å². The number of hydroxylamine groups is 3. The fourth-order valence-corrected chi connectivity index (χ4v) is 5.26. The van der Waals surface area contributed by atoms with E-state index in [1.165, 1.54) is 24.2 Å². The summed E-state index contributed by atoms with van der Waals surface area (Å²) in [6.07, 6.45) is 5.48. The van der Waals surface area contributed by atoms with Crippen LogP contribution in [0.25, 0.3) is 0 Å². The van der Waals surface area contributed by atoms with Gasteiger partial charge in [-0.3, -0.25) is 19.1 Å². The topological polar surface area (TPSA) is 141 Å². The number of nitrogens with one attached hydrogen (secondary N) is 2. The van der Waals surface area contributed by atoms with Crippen molar-refractivity contribution in [3.05, 3.63) is 0 Å². The van der Waals surface area contributed by atoms with Crippen LogP contribution in [0.1, 0.15) is 38.5 Å². The number of urea groups is 1. The molecule has 13 heteroatoms. The minimum absolute atomic E-state index is 0.147. The Bertz CT molecular complexity index is 760. The third-order valence-corrected chi connectivity index (χ3v) is 6.71. The molecule has 30 heavy (non-hydrogen) atoms. The first-order valence-corrected chi connectivity index (χ1v) is 11.8. The van der Waals surface area contributed by atoms with Crippen molar-refractivity contribution in [3.63, 3.8) is 0 Å². The summed E-state index contributed by atoms with van der Waals surface area (Å²) in [5, 5.41) is 4.05. The van der Waals surface area contributed by atoms with Crippen LogP contribution in [-0.2, 0) is 24.3 Å². The summed E-state index contributed by atoms with van der Waals surface area (Å²) >= 11 is 0. The third-order valence-electron chi connectivity index (χ3n) is 6.36. The van der Waals surface area contributed by atoms with Gasteiger partial charge in [0.25, 0.3) is 5.91 Å². The minimum atomic E-state index is -4.81. The first-order chi connectivity index (χ1) is 14.3. The van der Waals surface area contributed by atoms with Crippen molar-refractivity contribution in [2.75, 3.05) is 32.8 Å². The Morgan fingerprint density at radius 3 is 2.70 bits per heavy atom. The van der Waals surface area contributed by atoms with Gasteiger partial charge in [0.1, 0.15) is 6.04 Å². The maximum atomic E-state index is 12.5. The Kier molecular flexibility index (Phi) is 6.46. The number of hydrogen-bond donors (Lipinski definition) is 3. The number of likely N-dealkylation sites (tertiary alicyclic amines) is 1. The van der Waals surface area contributed by atoms with Crippen LogP contribution in [-0.4, -0.2) is 96.7 Å². The van der Waals surface area contributed by atoms with Crippen molar-refractivity contribution in [3.8, 4) is 0 Å². The summed E-state index contributed by atoms with van der Waals surface area (Å²) < 4.78 is 35.1. The summed E-state index contributed by atoms with van der Waals surface area (Å²) in [6.45, 7) is 3.67. The summed E-state index contributed by atoms with van der Waals surface area (Å²) in [7, 11) is -4.81. The molecule has 0 saturated carbocycles. The zero-order valence-corrected chi connectivity index (χ0v) is 17.6. The molecule has 0 aliphatic carbocycles. The molecule has 2 unspecified atom stereocenters. The molecule has 3 N–H and O–H groups in total. The molecule has 4 fully saturated rings. The average Bonchev–Trinajstić information content (AvgIpc) is 3.27. The van der Waals surface area contributed by atoms with E-state index >= 15 is 0 Å². The first kappa shape index (κ1) is 21.7. The average molecular weight is 448 g/mol. The normalized spacial score (nSPS) is 32.6. The van der Waals surface area contributed by atoms with Crippen molar-refractivity contribution in [2.45, 2.75) is 62.7 Å². The number of amides is 3. The lowest BCUT2D eigenvalue weighted by atomic mass is 10.0. The van der Waals surface area contributed by atoms with E-state index in [1.807, 2.05) is 0 Å². The highest BCUT2D eigenvalue weighted by molar-refractivity contribution is 7.80. The van der Waals surface area contributed by atoms with Gasteiger partial charge in [0.15, 0.2) is 0 Å². The quantitative estimate of drug-likeness (QED) is 0.340. The lowest BCUT2D eigenvalue weighted by molar-refractivity contribution is -0.139. The van der Waals surface area contributed by atoms with Crippen LogP contribution < -0.4 is 10.8 Å². The zero-order chi connectivity index (χ0) is 21.3. The minimum Gasteiger partial charge on any atom is -0.310 e. The zero-order valence-electron chi connectivity index (χ0n) is 16.7. The third kappa shape index (κ3) is 4.86. The van der Waals surface area contributed by atoms with Crippen LogP contribution in [0.2, 0.25) is 0 Å². The lowest BCUT2D eigenvalue weighted by Gasteiger charge is -2.31. The molecule has 0 radical (unpaired) electrons. The van der Waals surface area contributed by atoms with E-state index in [-0.39, 0.29) is 12.6 Å². The molecule has 4 saturated heterocycles. The van der Waals surface area contributed by atoms with Gasteiger partial charge in [0.2, 0.25) is 0 Å². The second-order valence-electron chi connectivity index (χ2n) is 8.38. The number of carbonyl (C=O) groups is 2. The number of piperidine rings is 2. The van der Waals surface area contributed by atoms with E-state index in [9.17, 15) is 18.0 Å². The summed E-state index contributed by atoms with van der Waals surface area (Å²) in [5.74, 6) is -0.457. The summed E-state index contributed by atoms with van der Waals surface area (Å²) in [4.78, 5) is 34.1. The molecule has 4 heterocycles. The molecule has 12 nitrogen and oxygen atoms in total. The lowest BCUT2D eigenvalue weighted by Crippen LogP contribution is -2.50. The fraction of sp³-hybridized carbons (Fsp3) is 0.882. The standard InChI is InChI=1S/C17H29N5O7S/c23-16(15-5-4-13-10-21(15)17(24)22(13)29-30(25,26)27)19-28-11-12-8-14(9-18-12)20-6-2-1-3-7-20/h12-15,18H,1-11H2,(H,19,23)(H,25,26,27)/t12-,13?,14+,15?/m1/s1. The van der Waals surface area contributed by atoms with Crippen LogP contribution in [0.5, 0.6) is 0 Å². The van der Waals surface area contributed by atoms with Gasteiger partial charge >= 0.3 is 16.4 Å². The SMILES string of the molecule is O=C(NOC[C@H]1C[C@H](N2CCCCC2)CN1)C1CCC2CN1C(=O)N2OS(=O)(=O)O. The number of carbonyl (C=O) groups excluding carboxylic acids is 2. The number of rotatable bonds is 7. The molecule has 0 spiro atoms. The van der Waals surface area contributed by atoms with Gasteiger partial charge in [-0.05, 0) is 45.2 Å². The molecule has 4 atom stereocenters. The number of hydrogen-bond acceptors (Lipinski definition) is 8. The maximum Gasteiger partial charge on any atom is 0.418 e. The molecule has 170 valence electrons. The van der Waals surface area contributed by atoms with Crippen LogP contribution in [0, 0.1) is 0 Å². The van der Waals surface area contributed by atoms with Gasteiger partial charge in [-0.25, -0.2) is 10.3 Å². The largest absolute Gasteiger partial charge is 0.418 e. The Labute approximate surface area is 175 Å². The van der Waals surface area contributed by atoms with E-state index < -0.39 is 34.4 Å². The van der Waals surface area contributed by atoms with E-state index in [2.05, 4.69) is 20.0 Å². The predicted octanol–water partition coefficient (Wildman–Crippen LogP) is -0.746. The smallest absolute Gasteiger partial charge is 0.310 e. The van der Waals surface area contributed by atoms with E-state index in [4.69, 9.17) is 9.39 Å². The summed E-state index contributed by atoms with van der Waals surface area (Å²) in [5.41, 5.74) is 2.43. The van der Waals surface area contributed by atoms with Crippen LogP contribution in [0.15, 0.2) is 0 Å². The molecular formula is C17H29N5O7S. The highest BCUT2D eigenvalue weighted by Crippen LogP contribution is 2.30. The molecular weight excluding hydrogens is 418 g/mol. The van der Waals surface area contributed by atoms with Crippen molar-refractivity contribution in [1.82, 2.24) is 25.7 Å². The Morgan fingerprint density at radius 1 is 1.20 bits per heavy atom. The van der Waals surface area contributed by atoms with Crippen molar-refractivity contribution in [1.29, 1.82) is 0 Å². The van der Waals surface area contributed by atoms with E-state index in [0.29, 0.717) is 30.6 Å². The molecule has 3 amide bonds. The Morgan fingerprint density at radius 2 is 1.97 bits per heavy atom. The van der Waals surface area contributed by atoms with Crippen molar-refractivity contribution in [2.24, 2.45) is 0 Å². The molecule has 0 aromatic carbocycles. The molecule has 4 rings (SSSR count). The van der Waals surface area contributed by atoms with Gasteiger partial charge in [-0.1, -0.05) is 6.42 Å². The van der Waals surface area contributed by atoms with E-state index in [1.54, 1.807) is 0 Å². The highest BCUT2D eigenvalue weighted by atomic mass is 32.3. The van der Waals surface area contributed by atoms with Gasteiger partial charge in [-0.2, -0.15) is 13.5 Å². The van der Waals surface area contributed by atoms with Crippen LogP contribution in [0.3, 0.4) is 0 Å². The Hall–Kier alpha value is -1.51.